The minimum absolute atomic E-state index is 0.799. The Balaban J connectivity index is 2.03. The molecule has 0 unspecified atom stereocenters. The second-order valence-corrected chi connectivity index (χ2v) is 6.76. The highest BCUT2D eigenvalue weighted by Gasteiger charge is 2.03. The van der Waals surface area contributed by atoms with E-state index in [1.165, 1.54) is 11.3 Å². The molecule has 5 heteroatoms. The van der Waals surface area contributed by atoms with E-state index < -0.39 is 0 Å². The molecule has 0 spiro atoms. The van der Waals surface area contributed by atoms with Crippen LogP contribution < -0.4 is 5.32 Å². The lowest BCUT2D eigenvalue weighted by Crippen LogP contribution is -2.20. The van der Waals surface area contributed by atoms with E-state index in [4.69, 9.17) is 4.74 Å². The second-order valence-electron chi connectivity index (χ2n) is 3.45. The number of hydrogen-bond acceptors (Lipinski definition) is 3. The highest BCUT2D eigenvalue weighted by Crippen LogP contribution is 2.32. The van der Waals surface area contributed by atoms with Crippen molar-refractivity contribution in [3.05, 3.63) is 19.2 Å². The monoisotopic (exact) mass is 369 g/mol. The maximum absolute atomic E-state index is 5.55. The van der Waals surface area contributed by atoms with Crippen molar-refractivity contribution < 1.29 is 4.74 Å². The molecule has 1 heterocycles. The quantitative estimate of drug-likeness (QED) is 0.702. The Kier molecular flexibility index (Phi) is 7.90. The first-order chi connectivity index (χ1) is 7.74. The lowest BCUT2D eigenvalue weighted by Gasteiger charge is -2.04. The molecule has 1 N–H and O–H groups in total. The van der Waals surface area contributed by atoms with Gasteiger partial charge in [-0.15, -0.1) is 11.3 Å². The first kappa shape index (κ1) is 14.6. The van der Waals surface area contributed by atoms with Crippen LogP contribution in [0.3, 0.4) is 0 Å². The summed E-state index contributed by atoms with van der Waals surface area (Å²) in [6, 6.07) is 2.15. The van der Waals surface area contributed by atoms with Crippen molar-refractivity contribution in [3.8, 4) is 0 Å². The van der Waals surface area contributed by atoms with Crippen LogP contribution in [-0.2, 0) is 11.2 Å². The lowest BCUT2D eigenvalue weighted by atomic mass is 10.4. The molecule has 0 amide bonds. The Morgan fingerprint density at radius 1 is 1.31 bits per heavy atom. The number of rotatable bonds is 8. The van der Waals surface area contributed by atoms with E-state index in [1.807, 2.05) is 0 Å². The first-order valence-electron chi connectivity index (χ1n) is 5.46. The topological polar surface area (TPSA) is 21.3 Å². The van der Waals surface area contributed by atoms with Gasteiger partial charge in [-0.2, -0.15) is 0 Å². The fraction of sp³-hybridized carbons (Fsp3) is 0.636. The predicted octanol–water partition coefficient (Wildman–Crippen LogP) is 3.83. The SMILES string of the molecule is CCCNCCOCCc1cc(Br)c(Br)s1. The zero-order valence-corrected chi connectivity index (χ0v) is 13.4. The van der Waals surface area contributed by atoms with E-state index in [2.05, 4.69) is 50.2 Å². The Labute approximate surface area is 118 Å². The number of halogens is 2. The first-order valence-corrected chi connectivity index (χ1v) is 7.86. The Morgan fingerprint density at radius 2 is 2.12 bits per heavy atom. The summed E-state index contributed by atoms with van der Waals surface area (Å²) in [5.41, 5.74) is 0. The second kappa shape index (κ2) is 8.64. The molecule has 0 saturated carbocycles. The highest BCUT2D eigenvalue weighted by molar-refractivity contribution is 9.13. The molecule has 0 aliphatic heterocycles. The van der Waals surface area contributed by atoms with Crippen LogP contribution in [0.2, 0.25) is 0 Å². The smallest absolute Gasteiger partial charge is 0.0843 e. The van der Waals surface area contributed by atoms with E-state index >= 15 is 0 Å². The molecule has 0 radical (unpaired) electrons. The van der Waals surface area contributed by atoms with Crippen molar-refractivity contribution in [1.29, 1.82) is 0 Å². The van der Waals surface area contributed by atoms with Crippen molar-refractivity contribution in [3.63, 3.8) is 0 Å². The molecule has 16 heavy (non-hydrogen) atoms. The van der Waals surface area contributed by atoms with Crippen molar-refractivity contribution in [2.24, 2.45) is 0 Å². The van der Waals surface area contributed by atoms with Gasteiger partial charge >= 0.3 is 0 Å². The highest BCUT2D eigenvalue weighted by atomic mass is 79.9. The van der Waals surface area contributed by atoms with Gasteiger partial charge in [0.05, 0.1) is 17.0 Å². The molecule has 1 rings (SSSR count). The standard InChI is InChI=1S/C11H17Br2NOS/c1-2-4-14-5-7-15-6-3-9-8-10(12)11(13)16-9/h8,14H,2-7H2,1H3. The van der Waals surface area contributed by atoms with Gasteiger partial charge < -0.3 is 10.1 Å². The minimum atomic E-state index is 0.799. The van der Waals surface area contributed by atoms with Gasteiger partial charge in [-0.25, -0.2) is 0 Å². The molecule has 0 atom stereocenters. The normalized spacial score (nSPS) is 10.9. The fourth-order valence-electron chi connectivity index (χ4n) is 1.24. The maximum Gasteiger partial charge on any atom is 0.0843 e. The molecular formula is C11H17Br2NOS. The van der Waals surface area contributed by atoms with Crippen LogP contribution in [0.1, 0.15) is 18.2 Å². The predicted molar refractivity (Wildman–Crippen MR) is 77.4 cm³/mol. The zero-order chi connectivity index (χ0) is 11.8. The summed E-state index contributed by atoms with van der Waals surface area (Å²) < 4.78 is 7.84. The number of nitrogens with one attached hydrogen (secondary N) is 1. The van der Waals surface area contributed by atoms with Crippen LogP contribution in [0, 0.1) is 0 Å². The van der Waals surface area contributed by atoms with Gasteiger partial charge in [0, 0.05) is 22.3 Å². The van der Waals surface area contributed by atoms with Gasteiger partial charge in [-0.05, 0) is 50.9 Å². The van der Waals surface area contributed by atoms with Crippen LogP contribution >= 0.6 is 43.2 Å². The third-order valence-electron chi connectivity index (χ3n) is 2.04. The Bertz CT molecular complexity index is 285. The lowest BCUT2D eigenvalue weighted by molar-refractivity contribution is 0.139. The number of hydrogen-bond donors (Lipinski definition) is 1. The summed E-state index contributed by atoms with van der Waals surface area (Å²) in [4.78, 5) is 1.35. The van der Waals surface area contributed by atoms with Crippen molar-refractivity contribution in [2.45, 2.75) is 19.8 Å². The van der Waals surface area contributed by atoms with Crippen LogP contribution in [0.15, 0.2) is 14.3 Å². The summed E-state index contributed by atoms with van der Waals surface area (Å²) in [7, 11) is 0. The van der Waals surface area contributed by atoms with E-state index in [0.29, 0.717) is 0 Å². The number of thiophene rings is 1. The van der Waals surface area contributed by atoms with E-state index in [1.54, 1.807) is 11.3 Å². The Morgan fingerprint density at radius 3 is 2.75 bits per heavy atom. The van der Waals surface area contributed by atoms with Gasteiger partial charge in [0.15, 0.2) is 0 Å². The molecular weight excluding hydrogens is 354 g/mol. The fourth-order valence-corrected chi connectivity index (χ4v) is 3.39. The van der Waals surface area contributed by atoms with Crippen LogP contribution in [-0.4, -0.2) is 26.3 Å². The average molecular weight is 371 g/mol. The minimum Gasteiger partial charge on any atom is -0.380 e. The maximum atomic E-state index is 5.55. The van der Waals surface area contributed by atoms with Gasteiger partial charge in [0.25, 0.3) is 0 Å². The molecule has 0 aliphatic rings. The molecule has 0 aromatic carbocycles. The van der Waals surface area contributed by atoms with Crippen LogP contribution in [0.5, 0.6) is 0 Å². The molecule has 92 valence electrons. The van der Waals surface area contributed by atoms with Crippen molar-refractivity contribution in [2.75, 3.05) is 26.3 Å². The van der Waals surface area contributed by atoms with Gasteiger partial charge in [0.1, 0.15) is 0 Å². The Hall–Kier alpha value is 0.580. The summed E-state index contributed by atoms with van der Waals surface area (Å²) >= 11 is 8.73. The number of ether oxygens (including phenoxy) is 1. The molecule has 0 fully saturated rings. The molecule has 0 aliphatic carbocycles. The van der Waals surface area contributed by atoms with Crippen LogP contribution in [0.25, 0.3) is 0 Å². The van der Waals surface area contributed by atoms with E-state index in [0.717, 1.165) is 41.0 Å². The largest absolute Gasteiger partial charge is 0.380 e. The molecule has 1 aromatic rings. The van der Waals surface area contributed by atoms with Gasteiger partial charge in [0.2, 0.25) is 0 Å². The third-order valence-corrected chi connectivity index (χ3v) is 5.35. The van der Waals surface area contributed by atoms with Crippen molar-refractivity contribution >= 4 is 43.2 Å². The zero-order valence-electron chi connectivity index (χ0n) is 9.39. The summed E-state index contributed by atoms with van der Waals surface area (Å²) in [5, 5.41) is 3.31. The van der Waals surface area contributed by atoms with Crippen LogP contribution in [0.4, 0.5) is 0 Å². The third kappa shape index (κ3) is 5.77. The summed E-state index contributed by atoms with van der Waals surface area (Å²) in [6.07, 6.45) is 2.17. The van der Waals surface area contributed by atoms with Gasteiger partial charge in [-0.3, -0.25) is 0 Å². The summed E-state index contributed by atoms with van der Waals surface area (Å²) in [6.45, 7) is 5.79. The average Bonchev–Trinajstić information content (AvgIpc) is 2.57. The molecule has 0 saturated heterocycles. The van der Waals surface area contributed by atoms with Crippen molar-refractivity contribution in [1.82, 2.24) is 5.32 Å². The molecule has 2 nitrogen and oxygen atoms in total. The molecule has 0 bridgehead atoms. The summed E-state index contributed by atoms with van der Waals surface area (Å²) in [5.74, 6) is 0. The van der Waals surface area contributed by atoms with E-state index in [9.17, 15) is 0 Å². The van der Waals surface area contributed by atoms with E-state index in [-0.39, 0.29) is 0 Å². The van der Waals surface area contributed by atoms with Gasteiger partial charge in [-0.1, -0.05) is 6.92 Å². The molecule has 1 aromatic heterocycles.